The number of hydrogen-bond donors (Lipinski definition) is 0. The highest BCUT2D eigenvalue weighted by molar-refractivity contribution is 6.69. The molecule has 0 heterocycles. The van der Waals surface area contributed by atoms with E-state index in [-0.39, 0.29) is 0 Å². The standard InChI is InChI=1S/C2ClFN2/c3-2(1-5)6-4. The van der Waals surface area contributed by atoms with Gasteiger partial charge in [-0.2, -0.15) is 5.26 Å². The van der Waals surface area contributed by atoms with Crippen LogP contribution in [0.5, 0.6) is 0 Å². The predicted octanol–water partition coefficient (Wildman–Crippen LogP) is 1.03. The summed E-state index contributed by atoms with van der Waals surface area (Å²) in [5.41, 5.74) is 0. The van der Waals surface area contributed by atoms with Crippen LogP contribution in [0.25, 0.3) is 0 Å². The second-order valence-corrected chi connectivity index (χ2v) is 0.845. The van der Waals surface area contributed by atoms with Crippen LogP contribution in [0, 0.1) is 11.3 Å². The SMILES string of the molecule is N#CC(Cl)=NF. The van der Waals surface area contributed by atoms with Gasteiger partial charge in [-0.25, -0.2) is 0 Å². The molecule has 0 amide bonds. The van der Waals surface area contributed by atoms with Crippen molar-refractivity contribution >= 4 is 16.8 Å². The van der Waals surface area contributed by atoms with E-state index in [2.05, 4.69) is 11.6 Å². The molecule has 0 radical (unpaired) electrons. The molecule has 0 aromatic carbocycles. The summed E-state index contributed by atoms with van der Waals surface area (Å²) >= 11 is 4.66. The van der Waals surface area contributed by atoms with Gasteiger partial charge in [0, 0.05) is 0 Å². The van der Waals surface area contributed by atoms with Gasteiger partial charge in [0.05, 0.1) is 0 Å². The summed E-state index contributed by atoms with van der Waals surface area (Å²) in [4.78, 5) is 0. The number of rotatable bonds is 0. The van der Waals surface area contributed by atoms with Gasteiger partial charge in [-0.15, -0.1) is 0 Å². The second-order valence-electron chi connectivity index (χ2n) is 0.487. The van der Waals surface area contributed by atoms with Gasteiger partial charge in [-0.05, 0) is 11.6 Å². The third-order valence-electron chi connectivity index (χ3n) is 0.166. The highest BCUT2D eigenvalue weighted by Crippen LogP contribution is 1.80. The van der Waals surface area contributed by atoms with E-state index in [0.717, 1.165) is 0 Å². The van der Waals surface area contributed by atoms with Crippen LogP contribution in [0.3, 0.4) is 0 Å². The fraction of sp³-hybridized carbons (Fsp3) is 0. The lowest BCUT2D eigenvalue weighted by molar-refractivity contribution is 0.540. The Hall–Kier alpha value is -0.620. The molecule has 0 aliphatic carbocycles. The Morgan fingerprint density at radius 2 is 2.50 bits per heavy atom. The van der Waals surface area contributed by atoms with Crippen molar-refractivity contribution in [1.82, 2.24) is 0 Å². The third-order valence-corrected chi connectivity index (χ3v) is 0.315. The Morgan fingerprint density at radius 3 is 2.50 bits per heavy atom. The summed E-state index contributed by atoms with van der Waals surface area (Å²) < 4.78 is 10.6. The molecule has 0 spiro atoms. The summed E-state index contributed by atoms with van der Waals surface area (Å²) in [7, 11) is 0. The van der Waals surface area contributed by atoms with Crippen LogP contribution in [-0.2, 0) is 0 Å². The molecule has 0 unspecified atom stereocenters. The first-order chi connectivity index (χ1) is 2.81. The number of hydrogen-bond acceptors (Lipinski definition) is 2. The van der Waals surface area contributed by atoms with Crippen molar-refractivity contribution in [1.29, 1.82) is 5.26 Å². The highest BCUT2D eigenvalue weighted by Gasteiger charge is 1.81. The van der Waals surface area contributed by atoms with E-state index in [4.69, 9.17) is 5.26 Å². The first-order valence-corrected chi connectivity index (χ1v) is 1.43. The maximum absolute atomic E-state index is 10.6. The molecule has 0 N–H and O–H groups in total. The zero-order valence-corrected chi connectivity index (χ0v) is 3.41. The summed E-state index contributed by atoms with van der Waals surface area (Å²) in [6.45, 7) is 0. The Morgan fingerprint density at radius 1 is 2.00 bits per heavy atom. The van der Waals surface area contributed by atoms with Gasteiger partial charge in [-0.1, -0.05) is 9.70 Å². The van der Waals surface area contributed by atoms with Gasteiger partial charge >= 0.3 is 0 Å². The van der Waals surface area contributed by atoms with E-state index in [1.165, 1.54) is 6.07 Å². The molecule has 6 heavy (non-hydrogen) atoms. The minimum Gasteiger partial charge on any atom is -0.190 e. The van der Waals surface area contributed by atoms with Crippen molar-refractivity contribution in [3.05, 3.63) is 0 Å². The van der Waals surface area contributed by atoms with Gasteiger partial charge in [-0.3, -0.25) is 0 Å². The van der Waals surface area contributed by atoms with Crippen LogP contribution in [0.15, 0.2) is 5.21 Å². The summed E-state index contributed by atoms with van der Waals surface area (Å²) in [6.07, 6.45) is 0. The molecule has 0 aromatic rings. The van der Waals surface area contributed by atoms with E-state index in [1.54, 1.807) is 0 Å². The number of halogens is 2. The topological polar surface area (TPSA) is 36.1 Å². The Kier molecular flexibility index (Phi) is 2.34. The number of nitriles is 1. The van der Waals surface area contributed by atoms with Gasteiger partial charge in [0.1, 0.15) is 6.07 Å². The largest absolute Gasteiger partial charge is 0.239 e. The molecule has 2 nitrogen and oxygen atoms in total. The van der Waals surface area contributed by atoms with Crippen molar-refractivity contribution in [3.63, 3.8) is 0 Å². The van der Waals surface area contributed by atoms with Crippen LogP contribution in [0.4, 0.5) is 4.48 Å². The Balaban J connectivity index is 3.61. The van der Waals surface area contributed by atoms with Gasteiger partial charge < -0.3 is 0 Å². The van der Waals surface area contributed by atoms with E-state index in [9.17, 15) is 4.48 Å². The molecule has 0 aromatic heterocycles. The molecule has 0 saturated heterocycles. The maximum atomic E-state index is 10.6. The van der Waals surface area contributed by atoms with Crippen molar-refractivity contribution in [3.8, 4) is 6.07 Å². The third kappa shape index (κ3) is 1.68. The zero-order chi connectivity index (χ0) is 4.99. The second kappa shape index (κ2) is 2.61. The molecule has 0 rings (SSSR count). The molecule has 0 atom stereocenters. The zero-order valence-electron chi connectivity index (χ0n) is 2.65. The van der Waals surface area contributed by atoms with Gasteiger partial charge in [0.15, 0.2) is 0 Å². The molecule has 0 aliphatic heterocycles. The molecule has 4 heteroatoms. The van der Waals surface area contributed by atoms with Crippen LogP contribution in [0.2, 0.25) is 0 Å². The lowest BCUT2D eigenvalue weighted by Gasteiger charge is -1.61. The first kappa shape index (κ1) is 5.38. The normalized spacial score (nSPS) is 10.5. The van der Waals surface area contributed by atoms with Crippen molar-refractivity contribution in [2.45, 2.75) is 0 Å². The predicted molar refractivity (Wildman–Crippen MR) is 20.0 cm³/mol. The molecular formula is C2ClFN2. The average Bonchev–Trinajstić information content (AvgIpc) is 1.65. The minimum atomic E-state index is -0.671. The minimum absolute atomic E-state index is 0.671. The molecule has 0 saturated carbocycles. The van der Waals surface area contributed by atoms with Crippen LogP contribution < -0.4 is 0 Å². The van der Waals surface area contributed by atoms with Crippen LogP contribution in [-0.4, -0.2) is 5.17 Å². The van der Waals surface area contributed by atoms with Crippen LogP contribution >= 0.6 is 11.6 Å². The van der Waals surface area contributed by atoms with E-state index < -0.39 is 5.17 Å². The van der Waals surface area contributed by atoms with E-state index in [1.807, 2.05) is 5.21 Å². The molecule has 0 bridgehead atoms. The van der Waals surface area contributed by atoms with Crippen molar-refractivity contribution in [2.75, 3.05) is 0 Å². The van der Waals surface area contributed by atoms with E-state index in [0.29, 0.717) is 0 Å². The average molecular weight is 106 g/mol. The summed E-state index contributed by atoms with van der Waals surface area (Å²) in [6, 6.07) is 1.26. The summed E-state index contributed by atoms with van der Waals surface area (Å²) in [5.74, 6) is 0. The lowest BCUT2D eigenvalue weighted by atomic mass is 10.9. The highest BCUT2D eigenvalue weighted by atomic mass is 35.5. The van der Waals surface area contributed by atoms with Crippen molar-refractivity contribution < 1.29 is 4.48 Å². The van der Waals surface area contributed by atoms with Gasteiger partial charge in [0.25, 0.3) is 0 Å². The molecular weight excluding hydrogens is 106 g/mol. The smallest absolute Gasteiger partial charge is 0.190 e. The monoisotopic (exact) mass is 106 g/mol. The fourth-order valence-electron chi connectivity index (χ4n) is 0.0189. The first-order valence-electron chi connectivity index (χ1n) is 1.06. The van der Waals surface area contributed by atoms with Gasteiger partial charge in [0.2, 0.25) is 5.17 Å². The van der Waals surface area contributed by atoms with Crippen LogP contribution in [0.1, 0.15) is 0 Å². The fourth-order valence-corrected chi connectivity index (χ4v) is 0.0189. The Labute approximate surface area is 38.8 Å². The lowest BCUT2D eigenvalue weighted by Crippen LogP contribution is -1.71. The quantitative estimate of drug-likeness (QED) is 0.425. The summed E-state index contributed by atoms with van der Waals surface area (Å²) in [5, 5.41) is 8.74. The molecule has 32 valence electrons. The van der Waals surface area contributed by atoms with Crippen molar-refractivity contribution in [2.24, 2.45) is 5.21 Å². The molecule has 0 aliphatic rings. The maximum Gasteiger partial charge on any atom is 0.239 e. The van der Waals surface area contributed by atoms with E-state index >= 15 is 0 Å². The molecule has 0 fully saturated rings. The number of nitrogens with zero attached hydrogens (tertiary/aromatic N) is 2. The Bertz CT molecular complexity index is 103.